The molecule has 0 aromatic heterocycles. The molecule has 86 valence electrons. The maximum atomic E-state index is 3.69. The molecule has 2 aromatic carbocycles. The van der Waals surface area contributed by atoms with Crippen LogP contribution in [0.3, 0.4) is 0 Å². The summed E-state index contributed by atoms with van der Waals surface area (Å²) >= 11 is 14.6. The van der Waals surface area contributed by atoms with Crippen molar-refractivity contribution in [3.63, 3.8) is 0 Å². The Morgan fingerprint density at radius 1 is 0.706 bits per heavy atom. The van der Waals surface area contributed by atoms with Gasteiger partial charge >= 0.3 is 0 Å². The summed E-state index contributed by atoms with van der Waals surface area (Å²) in [5, 5.41) is 0. The van der Waals surface area contributed by atoms with Crippen molar-refractivity contribution in [3.05, 3.63) is 41.7 Å². The van der Waals surface area contributed by atoms with E-state index in [1.165, 1.54) is 32.3 Å². The second kappa shape index (κ2) is 4.19. The summed E-state index contributed by atoms with van der Waals surface area (Å²) in [7, 11) is 0. The van der Waals surface area contributed by atoms with Gasteiger partial charge in [-0.3, -0.25) is 0 Å². The molecule has 0 amide bonds. The third-order valence-corrected chi connectivity index (χ3v) is 5.97. The Morgan fingerprint density at radius 2 is 1.18 bits per heavy atom. The van der Waals surface area contributed by atoms with Gasteiger partial charge in [0, 0.05) is 40.1 Å². The van der Waals surface area contributed by atoms with Crippen LogP contribution in [0.2, 0.25) is 0 Å². The molecule has 0 saturated heterocycles. The lowest BCUT2D eigenvalue weighted by Crippen LogP contribution is -2.04. The lowest BCUT2D eigenvalue weighted by atomic mass is 9.80. The zero-order valence-corrected chi connectivity index (χ0v) is 15.1. The highest BCUT2D eigenvalue weighted by atomic mass is 79.9. The van der Waals surface area contributed by atoms with E-state index in [1.807, 2.05) is 0 Å². The summed E-state index contributed by atoms with van der Waals surface area (Å²) in [6, 6.07) is 6.31. The van der Waals surface area contributed by atoms with Gasteiger partial charge < -0.3 is 0 Å². The number of hydrogen-bond donors (Lipinski definition) is 0. The van der Waals surface area contributed by atoms with Crippen molar-refractivity contribution >= 4 is 63.7 Å². The van der Waals surface area contributed by atoms with Crippen LogP contribution >= 0.6 is 63.7 Å². The van der Waals surface area contributed by atoms with Crippen molar-refractivity contribution in [1.82, 2.24) is 0 Å². The Balaban J connectivity index is 2.43. The Hall–Kier alpha value is 0.360. The summed E-state index contributed by atoms with van der Waals surface area (Å²) in [5.74, 6) is 0. The average Bonchev–Trinajstić information content (AvgIpc) is 2.21. The molecule has 0 spiro atoms. The summed E-state index contributed by atoms with van der Waals surface area (Å²) in [6.45, 7) is 2.11. The number of hydrogen-bond acceptors (Lipinski definition) is 0. The minimum atomic E-state index is 1.14. The Morgan fingerprint density at radius 3 is 1.76 bits per heavy atom. The first-order valence-corrected chi connectivity index (χ1v) is 8.17. The predicted octanol–water partition coefficient (Wildman–Crippen LogP) is 6.69. The van der Waals surface area contributed by atoms with E-state index in [0.717, 1.165) is 13.4 Å². The molecule has 1 aliphatic carbocycles. The van der Waals surface area contributed by atoms with Crippen LogP contribution in [0.25, 0.3) is 22.3 Å². The number of rotatable bonds is 0. The van der Waals surface area contributed by atoms with E-state index in [-0.39, 0.29) is 0 Å². The van der Waals surface area contributed by atoms with E-state index in [2.05, 4.69) is 88.8 Å². The van der Waals surface area contributed by atoms with Crippen molar-refractivity contribution in [1.29, 1.82) is 0 Å². The molecule has 0 fully saturated rings. The van der Waals surface area contributed by atoms with Crippen LogP contribution in [0.15, 0.2) is 36.1 Å². The van der Waals surface area contributed by atoms with Crippen molar-refractivity contribution < 1.29 is 0 Å². The first kappa shape index (κ1) is 12.4. The van der Waals surface area contributed by atoms with Gasteiger partial charge in [-0.2, -0.15) is 0 Å². The van der Waals surface area contributed by atoms with Crippen LogP contribution < -0.4 is 0 Å². The van der Waals surface area contributed by atoms with E-state index in [4.69, 9.17) is 0 Å². The normalized spacial score (nSPS) is 11.8. The van der Waals surface area contributed by atoms with Crippen LogP contribution in [0.4, 0.5) is 0 Å². The van der Waals surface area contributed by atoms with Crippen molar-refractivity contribution in [2.75, 3.05) is 0 Å². The van der Waals surface area contributed by atoms with Gasteiger partial charge in [-0.25, -0.2) is 0 Å². The Bertz CT molecular complexity index is 659. The predicted molar refractivity (Wildman–Crippen MR) is 86.4 cm³/mol. The molecule has 0 atom stereocenters. The fraction of sp³-hybridized carbons (Fsp3) is 0.0769. The maximum absolute atomic E-state index is 3.69. The lowest BCUT2D eigenvalue weighted by molar-refractivity contribution is 1.36. The fourth-order valence-corrected chi connectivity index (χ4v) is 4.52. The van der Waals surface area contributed by atoms with Gasteiger partial charge in [0.1, 0.15) is 0 Å². The number of halogens is 4. The molecule has 0 heterocycles. The van der Waals surface area contributed by atoms with Gasteiger partial charge in [0.2, 0.25) is 0 Å². The SMILES string of the molecule is Cc1cc(Br)c2c(c1Br)-c1c(Br)ccc(Br)c1-2. The summed E-state index contributed by atoms with van der Waals surface area (Å²) < 4.78 is 4.61. The van der Waals surface area contributed by atoms with E-state index in [0.29, 0.717) is 0 Å². The zero-order chi connectivity index (χ0) is 12.3. The Kier molecular flexibility index (Phi) is 3.05. The van der Waals surface area contributed by atoms with Crippen LogP contribution in [-0.2, 0) is 0 Å². The molecule has 0 nitrogen and oxygen atoms in total. The smallest absolute Gasteiger partial charge is 0.0290 e. The summed E-state index contributed by atoms with van der Waals surface area (Å²) in [4.78, 5) is 0. The monoisotopic (exact) mass is 478 g/mol. The minimum absolute atomic E-state index is 1.14. The van der Waals surface area contributed by atoms with Crippen LogP contribution in [0.1, 0.15) is 5.56 Å². The van der Waals surface area contributed by atoms with E-state index in [1.54, 1.807) is 0 Å². The summed E-state index contributed by atoms with van der Waals surface area (Å²) in [6.07, 6.45) is 0. The molecule has 4 heteroatoms. The molecule has 2 aromatic rings. The third-order valence-electron chi connectivity index (χ3n) is 3.00. The molecular formula is C13H6Br4. The molecule has 17 heavy (non-hydrogen) atoms. The number of benzene rings is 2. The van der Waals surface area contributed by atoms with Gasteiger partial charge in [0.25, 0.3) is 0 Å². The molecule has 0 saturated carbocycles. The summed E-state index contributed by atoms with van der Waals surface area (Å²) in [5.41, 5.74) is 6.38. The van der Waals surface area contributed by atoms with Gasteiger partial charge in [-0.15, -0.1) is 0 Å². The van der Waals surface area contributed by atoms with E-state index < -0.39 is 0 Å². The quantitative estimate of drug-likeness (QED) is 0.335. The highest BCUT2D eigenvalue weighted by molar-refractivity contribution is 9.11. The van der Waals surface area contributed by atoms with Crippen LogP contribution in [0, 0.1) is 6.92 Å². The molecule has 1 aliphatic rings. The third kappa shape index (κ3) is 1.64. The Labute approximate surface area is 133 Å². The highest BCUT2D eigenvalue weighted by Gasteiger charge is 2.32. The lowest BCUT2D eigenvalue weighted by Gasteiger charge is -2.30. The molecule has 0 bridgehead atoms. The van der Waals surface area contributed by atoms with E-state index in [9.17, 15) is 0 Å². The van der Waals surface area contributed by atoms with Gasteiger partial charge in [-0.1, -0.05) is 47.8 Å². The molecule has 3 rings (SSSR count). The van der Waals surface area contributed by atoms with Crippen LogP contribution in [-0.4, -0.2) is 0 Å². The average molecular weight is 482 g/mol. The topological polar surface area (TPSA) is 0 Å². The standard InChI is InChI=1S/C13H6Br4/c1-5-4-8(16)11-9-6(14)2-3-7(15)10(9)12(11)13(5)17/h2-4H,1H3. The van der Waals surface area contributed by atoms with Crippen molar-refractivity contribution in [2.45, 2.75) is 6.92 Å². The molecule has 0 unspecified atom stereocenters. The molecule has 0 N–H and O–H groups in total. The molecular weight excluding hydrogens is 476 g/mol. The number of aryl methyl sites for hydroxylation is 1. The largest absolute Gasteiger partial charge is 0.0501 e. The highest BCUT2D eigenvalue weighted by Crippen LogP contribution is 2.59. The molecule has 0 radical (unpaired) electrons. The first-order chi connectivity index (χ1) is 8.02. The minimum Gasteiger partial charge on any atom is -0.0501 e. The first-order valence-electron chi connectivity index (χ1n) is 4.99. The molecule has 0 aliphatic heterocycles. The maximum Gasteiger partial charge on any atom is 0.0290 e. The fourth-order valence-electron chi connectivity index (χ4n) is 2.21. The second-order valence-corrected chi connectivity index (χ2v) is 7.37. The second-order valence-electron chi connectivity index (χ2n) is 4.02. The van der Waals surface area contributed by atoms with Crippen molar-refractivity contribution in [3.8, 4) is 22.3 Å². The van der Waals surface area contributed by atoms with Crippen molar-refractivity contribution in [2.24, 2.45) is 0 Å². The van der Waals surface area contributed by atoms with Gasteiger partial charge in [-0.05, 0) is 46.6 Å². The number of fused-ring (bicyclic) bond motifs is 4. The van der Waals surface area contributed by atoms with Gasteiger partial charge in [0.15, 0.2) is 0 Å². The zero-order valence-electron chi connectivity index (χ0n) is 8.74. The van der Waals surface area contributed by atoms with Gasteiger partial charge in [0.05, 0.1) is 0 Å². The van der Waals surface area contributed by atoms with E-state index >= 15 is 0 Å². The van der Waals surface area contributed by atoms with Crippen LogP contribution in [0.5, 0.6) is 0 Å².